The number of nitrogens with zero attached hydrogens (tertiary/aromatic N) is 2. The molecule has 6 N–H and O–H groups in total. The lowest BCUT2D eigenvalue weighted by Gasteiger charge is -2.19. The number of aliphatic carboxylic acids is 2. The Morgan fingerprint density at radius 1 is 0.712 bits per heavy atom. The molecule has 0 atom stereocenters. The fraction of sp³-hybridized carbons (Fsp3) is 0.200. The Kier molecular flexibility index (Phi) is 12.9. The molecule has 2 aromatic heterocycles. The number of phenolic OH excluding ortho intramolecular Hbond substituents is 1. The molecule has 0 unspecified atom stereocenters. The van der Waals surface area contributed by atoms with Gasteiger partial charge in [0.1, 0.15) is 18.2 Å². The maximum atomic E-state index is 13.4. The van der Waals surface area contributed by atoms with Crippen molar-refractivity contribution in [1.29, 1.82) is 0 Å². The van der Waals surface area contributed by atoms with E-state index >= 15 is 0 Å². The van der Waals surface area contributed by atoms with E-state index < -0.39 is 17.8 Å². The van der Waals surface area contributed by atoms with Gasteiger partial charge in [-0.2, -0.15) is 0 Å². The van der Waals surface area contributed by atoms with Crippen LogP contribution in [0.4, 0.5) is 0 Å². The highest BCUT2D eigenvalue weighted by Gasteiger charge is 2.21. The first-order valence-corrected chi connectivity index (χ1v) is 19.0. The smallest absolute Gasteiger partial charge is 0.303 e. The number of aromatic nitrogens is 2. The lowest BCUT2D eigenvalue weighted by atomic mass is 10.0. The number of methoxy groups -OCH3 is 1. The molecule has 2 amide bonds. The highest BCUT2D eigenvalue weighted by molar-refractivity contribution is 6.30. The van der Waals surface area contributed by atoms with Gasteiger partial charge in [-0.1, -0.05) is 17.7 Å². The SMILES string of the molecule is COc1cc(O)ccc1-c1ccc(CCC(=O)O)n1-c1ccc(C(=O)NCOCc2cc(Cl)ccc2-c2ccc(CCC(=O)O)n2-c2ccc(C(N)=O)cc2C)cc1C. The normalized spacial score (nSPS) is 11.1. The fourth-order valence-electron chi connectivity index (χ4n) is 7.12. The number of aromatic hydroxyl groups is 1. The number of primary amides is 1. The van der Waals surface area contributed by atoms with Crippen LogP contribution in [0.15, 0.2) is 97.1 Å². The zero-order valence-electron chi connectivity index (χ0n) is 32.6. The van der Waals surface area contributed by atoms with Gasteiger partial charge in [0, 0.05) is 56.1 Å². The Balaban J connectivity index is 1.22. The molecule has 2 heterocycles. The third-order valence-electron chi connectivity index (χ3n) is 9.93. The third-order valence-corrected chi connectivity index (χ3v) is 10.2. The van der Waals surface area contributed by atoms with E-state index in [4.69, 9.17) is 26.8 Å². The van der Waals surface area contributed by atoms with Crippen molar-refractivity contribution >= 4 is 35.4 Å². The summed E-state index contributed by atoms with van der Waals surface area (Å²) in [5, 5.41) is 32.2. The summed E-state index contributed by atoms with van der Waals surface area (Å²) in [6.45, 7) is 3.65. The quantitative estimate of drug-likeness (QED) is 0.0454. The average molecular weight is 819 g/mol. The van der Waals surface area contributed by atoms with Crippen molar-refractivity contribution in [2.24, 2.45) is 5.73 Å². The summed E-state index contributed by atoms with van der Waals surface area (Å²) in [7, 11) is 1.50. The molecule has 0 saturated carbocycles. The van der Waals surface area contributed by atoms with Crippen molar-refractivity contribution in [1.82, 2.24) is 14.5 Å². The van der Waals surface area contributed by atoms with Crippen LogP contribution in [-0.2, 0) is 33.8 Å². The lowest BCUT2D eigenvalue weighted by Crippen LogP contribution is -2.26. The number of aryl methyl sites for hydroxylation is 4. The second-order valence-corrected chi connectivity index (χ2v) is 14.4. The molecule has 0 aliphatic heterocycles. The number of phenols is 1. The Hall–Kier alpha value is -6.83. The van der Waals surface area contributed by atoms with Crippen LogP contribution >= 0.6 is 11.6 Å². The van der Waals surface area contributed by atoms with E-state index in [0.29, 0.717) is 33.0 Å². The van der Waals surface area contributed by atoms with E-state index in [2.05, 4.69) is 5.32 Å². The molecule has 6 rings (SSSR count). The number of carbonyl (C=O) groups excluding carboxylic acids is 2. The second-order valence-electron chi connectivity index (χ2n) is 13.9. The van der Waals surface area contributed by atoms with Gasteiger partial charge < -0.3 is 45.0 Å². The number of benzene rings is 4. The van der Waals surface area contributed by atoms with Crippen LogP contribution in [0.2, 0.25) is 5.02 Å². The number of rotatable bonds is 17. The highest BCUT2D eigenvalue weighted by atomic mass is 35.5. The minimum Gasteiger partial charge on any atom is -0.508 e. The first-order valence-electron chi connectivity index (χ1n) is 18.6. The van der Waals surface area contributed by atoms with Crippen LogP contribution in [0, 0.1) is 13.8 Å². The van der Waals surface area contributed by atoms with Crippen LogP contribution in [0.3, 0.4) is 0 Å². The number of nitrogens with one attached hydrogen (secondary N) is 1. The van der Waals surface area contributed by atoms with E-state index in [1.165, 1.54) is 13.2 Å². The summed E-state index contributed by atoms with van der Waals surface area (Å²) in [5.74, 6) is -2.32. The number of halogens is 1. The topological polar surface area (TPSA) is 195 Å². The van der Waals surface area contributed by atoms with Gasteiger partial charge >= 0.3 is 11.9 Å². The molecule has 0 saturated heterocycles. The van der Waals surface area contributed by atoms with Crippen molar-refractivity contribution < 1.29 is 44.0 Å². The van der Waals surface area contributed by atoms with Gasteiger partial charge in [-0.3, -0.25) is 19.2 Å². The van der Waals surface area contributed by atoms with Crippen molar-refractivity contribution in [2.75, 3.05) is 13.8 Å². The molecule has 4 aromatic carbocycles. The van der Waals surface area contributed by atoms with Crippen molar-refractivity contribution in [3.63, 3.8) is 0 Å². The van der Waals surface area contributed by atoms with Crippen LogP contribution in [0.1, 0.15) is 61.6 Å². The number of carboxylic acid groups (broad SMARTS) is 2. The minimum atomic E-state index is -0.933. The zero-order chi connectivity index (χ0) is 42.4. The summed E-state index contributed by atoms with van der Waals surface area (Å²) in [6, 6.07) is 28.0. The standard InChI is InChI=1S/C45H43ClN4O9/c1-26-20-28(44(47)56)4-14-37(26)49-32(9-18-42(52)53)7-16-39(49)35-12-6-31(46)22-30(35)24-59-25-48-45(57)29-5-15-38(27(2)21-29)50-33(10-19-43(54)55)8-17-40(50)36-13-11-34(51)23-41(36)58-3/h4-8,11-17,20-23,51H,9-10,18-19,24-25H2,1-3H3,(H2,47,56)(H,48,57)(H,52,53)(H,54,55). The summed E-state index contributed by atoms with van der Waals surface area (Å²) in [6.07, 6.45) is 0.337. The monoisotopic (exact) mass is 818 g/mol. The second kappa shape index (κ2) is 18.2. The van der Waals surface area contributed by atoms with Crippen molar-refractivity contribution in [3.8, 4) is 45.4 Å². The van der Waals surface area contributed by atoms with Gasteiger partial charge in [0.05, 0.1) is 37.9 Å². The average Bonchev–Trinajstić information content (AvgIpc) is 3.82. The maximum absolute atomic E-state index is 13.4. The van der Waals surface area contributed by atoms with Gasteiger partial charge in [0.2, 0.25) is 5.91 Å². The number of amides is 2. The Morgan fingerprint density at radius 2 is 1.27 bits per heavy atom. The Bertz CT molecular complexity index is 2570. The molecule has 0 aliphatic rings. The number of hydrogen-bond donors (Lipinski definition) is 5. The fourth-order valence-corrected chi connectivity index (χ4v) is 7.31. The van der Waals surface area contributed by atoms with Gasteiger partial charge in [0.25, 0.3) is 5.91 Å². The molecule has 0 radical (unpaired) electrons. The van der Waals surface area contributed by atoms with Gasteiger partial charge in [0.15, 0.2) is 0 Å². The predicted molar refractivity (Wildman–Crippen MR) is 223 cm³/mol. The molecule has 0 fully saturated rings. The van der Waals surface area contributed by atoms with E-state index in [1.54, 1.807) is 60.7 Å². The zero-order valence-corrected chi connectivity index (χ0v) is 33.4. The van der Waals surface area contributed by atoms with Crippen molar-refractivity contribution in [2.45, 2.75) is 46.1 Å². The highest BCUT2D eigenvalue weighted by Crippen LogP contribution is 2.37. The summed E-state index contributed by atoms with van der Waals surface area (Å²) < 4.78 is 15.4. The number of carbonyl (C=O) groups is 4. The summed E-state index contributed by atoms with van der Waals surface area (Å²) in [5.41, 5.74) is 14.4. The molecule has 14 heteroatoms. The number of hydrogen-bond acceptors (Lipinski definition) is 7. The van der Waals surface area contributed by atoms with E-state index in [9.17, 15) is 34.5 Å². The molecule has 59 heavy (non-hydrogen) atoms. The number of nitrogens with two attached hydrogens (primary N) is 1. The lowest BCUT2D eigenvalue weighted by molar-refractivity contribution is -0.138. The maximum Gasteiger partial charge on any atom is 0.303 e. The first-order chi connectivity index (χ1) is 28.2. The van der Waals surface area contributed by atoms with Crippen LogP contribution in [0.5, 0.6) is 11.5 Å². The number of ether oxygens (including phenoxy) is 2. The molecule has 0 spiro atoms. The van der Waals surface area contributed by atoms with Crippen LogP contribution < -0.4 is 15.8 Å². The van der Waals surface area contributed by atoms with Gasteiger partial charge in [-0.25, -0.2) is 0 Å². The molecule has 304 valence electrons. The molecule has 6 aromatic rings. The third kappa shape index (κ3) is 9.49. The minimum absolute atomic E-state index is 0.0395. The predicted octanol–water partition coefficient (Wildman–Crippen LogP) is 7.62. The van der Waals surface area contributed by atoms with Crippen molar-refractivity contribution in [3.05, 3.63) is 141 Å². The largest absolute Gasteiger partial charge is 0.508 e. The molecule has 13 nitrogen and oxygen atoms in total. The summed E-state index contributed by atoms with van der Waals surface area (Å²) in [4.78, 5) is 48.3. The molecular formula is C45H43ClN4O9. The molecule has 0 aliphatic carbocycles. The van der Waals surface area contributed by atoms with Gasteiger partial charge in [-0.15, -0.1) is 0 Å². The Labute approximate surface area is 345 Å². The van der Waals surface area contributed by atoms with E-state index in [1.807, 2.05) is 53.3 Å². The Morgan fingerprint density at radius 3 is 1.83 bits per heavy atom. The van der Waals surface area contributed by atoms with E-state index in [0.717, 1.165) is 50.8 Å². The van der Waals surface area contributed by atoms with Gasteiger partial charge in [-0.05, 0) is 128 Å². The van der Waals surface area contributed by atoms with E-state index in [-0.39, 0.29) is 50.7 Å². The molecular weight excluding hydrogens is 776 g/mol. The number of carboxylic acids is 2. The van der Waals surface area contributed by atoms with Crippen LogP contribution in [-0.4, -0.2) is 62.0 Å². The first kappa shape index (κ1) is 41.8. The molecule has 0 bridgehead atoms. The van der Waals surface area contributed by atoms with Crippen LogP contribution in [0.25, 0.3) is 33.9 Å². The summed E-state index contributed by atoms with van der Waals surface area (Å²) >= 11 is 6.45.